The number of rotatable bonds is 4. The number of carbonyl (C=O) groups excluding carboxylic acids is 1. The molecular formula is C19H18ClN3O3. The summed E-state index contributed by atoms with van der Waals surface area (Å²) in [6, 6.07) is 11.1. The van der Waals surface area contributed by atoms with Crippen molar-refractivity contribution in [3.8, 4) is 11.5 Å². The van der Waals surface area contributed by atoms with E-state index in [1.165, 1.54) is 0 Å². The second kappa shape index (κ2) is 6.88. The van der Waals surface area contributed by atoms with Crippen molar-refractivity contribution in [2.75, 3.05) is 13.2 Å². The number of imidazole rings is 1. The lowest BCUT2D eigenvalue weighted by Gasteiger charge is -2.18. The molecule has 0 saturated heterocycles. The third-order valence-corrected chi connectivity index (χ3v) is 4.56. The lowest BCUT2D eigenvalue weighted by Crippen LogP contribution is -2.27. The molecule has 0 unspecified atom stereocenters. The fourth-order valence-corrected chi connectivity index (χ4v) is 3.11. The molecule has 0 aliphatic carbocycles. The molecule has 0 fully saturated rings. The van der Waals surface area contributed by atoms with E-state index in [4.69, 9.17) is 21.1 Å². The minimum atomic E-state index is -0.0859. The summed E-state index contributed by atoms with van der Waals surface area (Å²) in [5.41, 5.74) is 2.64. The maximum Gasteiger partial charge on any atom is 0.240 e. The number of hydrogen-bond donors (Lipinski definition) is 1. The molecular weight excluding hydrogens is 354 g/mol. The van der Waals surface area contributed by atoms with Gasteiger partial charge >= 0.3 is 0 Å². The van der Waals surface area contributed by atoms with Crippen LogP contribution >= 0.6 is 11.6 Å². The van der Waals surface area contributed by atoms with E-state index in [2.05, 4.69) is 10.3 Å². The van der Waals surface area contributed by atoms with Crippen molar-refractivity contribution in [3.63, 3.8) is 0 Å². The molecule has 0 saturated carbocycles. The van der Waals surface area contributed by atoms with Crippen molar-refractivity contribution in [1.82, 2.24) is 14.9 Å². The Labute approximate surface area is 155 Å². The number of nitrogens with zero attached hydrogens (tertiary/aromatic N) is 2. The normalized spacial score (nSPS) is 13.0. The minimum absolute atomic E-state index is 0.0859. The summed E-state index contributed by atoms with van der Waals surface area (Å²) in [6.07, 6.45) is 0. The lowest BCUT2D eigenvalue weighted by molar-refractivity contribution is -0.121. The summed E-state index contributed by atoms with van der Waals surface area (Å²) in [4.78, 5) is 16.9. The van der Waals surface area contributed by atoms with Crippen molar-refractivity contribution >= 4 is 28.5 Å². The number of benzene rings is 2. The topological polar surface area (TPSA) is 65.4 Å². The van der Waals surface area contributed by atoms with Crippen molar-refractivity contribution in [3.05, 3.63) is 52.8 Å². The molecule has 0 bridgehead atoms. The summed E-state index contributed by atoms with van der Waals surface area (Å²) in [5, 5.41) is 3.60. The van der Waals surface area contributed by atoms with Gasteiger partial charge in [-0.05, 0) is 24.6 Å². The molecule has 1 amide bonds. The zero-order valence-corrected chi connectivity index (χ0v) is 15.0. The van der Waals surface area contributed by atoms with E-state index in [1.807, 2.05) is 47.9 Å². The van der Waals surface area contributed by atoms with Crippen LogP contribution in [0.4, 0.5) is 0 Å². The Balaban J connectivity index is 1.51. The predicted octanol–water partition coefficient (Wildman–Crippen LogP) is 3.09. The van der Waals surface area contributed by atoms with E-state index >= 15 is 0 Å². The largest absolute Gasteiger partial charge is 0.486 e. The SMILES string of the molecule is Cc1nc2cc3c(cc2n1CC(=O)NCc1ccc(Cl)cc1)OCCO3. The number of aromatic nitrogens is 2. The molecule has 1 N–H and O–H groups in total. The quantitative estimate of drug-likeness (QED) is 0.765. The number of ether oxygens (including phenoxy) is 2. The minimum Gasteiger partial charge on any atom is -0.486 e. The molecule has 2 aromatic carbocycles. The van der Waals surface area contributed by atoms with E-state index in [9.17, 15) is 4.79 Å². The van der Waals surface area contributed by atoms with Crippen LogP contribution in [0.15, 0.2) is 36.4 Å². The monoisotopic (exact) mass is 371 g/mol. The van der Waals surface area contributed by atoms with Crippen LogP contribution < -0.4 is 14.8 Å². The van der Waals surface area contributed by atoms with E-state index in [-0.39, 0.29) is 12.5 Å². The zero-order chi connectivity index (χ0) is 18.1. The Bertz CT molecular complexity index is 966. The highest BCUT2D eigenvalue weighted by atomic mass is 35.5. The van der Waals surface area contributed by atoms with Gasteiger partial charge in [0.25, 0.3) is 0 Å². The van der Waals surface area contributed by atoms with Crippen LogP contribution in [-0.4, -0.2) is 28.7 Å². The number of nitrogens with one attached hydrogen (secondary N) is 1. The fourth-order valence-electron chi connectivity index (χ4n) is 2.98. The fraction of sp³-hybridized carbons (Fsp3) is 0.263. The number of amides is 1. The maximum atomic E-state index is 12.4. The van der Waals surface area contributed by atoms with E-state index in [0.717, 1.165) is 22.4 Å². The molecule has 2 heterocycles. The van der Waals surface area contributed by atoms with Crippen LogP contribution in [0, 0.1) is 6.92 Å². The molecule has 0 atom stereocenters. The lowest BCUT2D eigenvalue weighted by atomic mass is 10.2. The average molecular weight is 372 g/mol. The Kier molecular flexibility index (Phi) is 4.42. The van der Waals surface area contributed by atoms with Crippen molar-refractivity contribution in [2.24, 2.45) is 0 Å². The van der Waals surface area contributed by atoms with Gasteiger partial charge in [0.1, 0.15) is 25.6 Å². The second-order valence-electron chi connectivity index (χ2n) is 6.13. The molecule has 1 aliphatic heterocycles. The molecule has 4 rings (SSSR count). The number of fused-ring (bicyclic) bond motifs is 2. The van der Waals surface area contributed by atoms with Crippen LogP contribution in [0.1, 0.15) is 11.4 Å². The van der Waals surface area contributed by atoms with Crippen molar-refractivity contribution in [2.45, 2.75) is 20.0 Å². The smallest absolute Gasteiger partial charge is 0.240 e. The van der Waals surface area contributed by atoms with Gasteiger partial charge in [-0.3, -0.25) is 4.79 Å². The first-order valence-corrected chi connectivity index (χ1v) is 8.75. The summed E-state index contributed by atoms with van der Waals surface area (Å²) < 4.78 is 13.1. The third kappa shape index (κ3) is 3.32. The number of carbonyl (C=O) groups is 1. The van der Waals surface area contributed by atoms with Gasteiger partial charge in [-0.2, -0.15) is 0 Å². The highest BCUT2D eigenvalue weighted by Gasteiger charge is 2.18. The highest BCUT2D eigenvalue weighted by Crippen LogP contribution is 2.34. The predicted molar refractivity (Wildman–Crippen MR) is 98.8 cm³/mol. The number of halogens is 1. The van der Waals surface area contributed by atoms with Gasteiger partial charge < -0.3 is 19.4 Å². The van der Waals surface area contributed by atoms with Gasteiger partial charge in [0.2, 0.25) is 5.91 Å². The van der Waals surface area contributed by atoms with E-state index in [0.29, 0.717) is 36.3 Å². The zero-order valence-electron chi connectivity index (χ0n) is 14.3. The maximum absolute atomic E-state index is 12.4. The molecule has 6 nitrogen and oxygen atoms in total. The first kappa shape index (κ1) is 16.7. The Morgan fingerprint density at radius 1 is 1.19 bits per heavy atom. The highest BCUT2D eigenvalue weighted by molar-refractivity contribution is 6.30. The number of hydrogen-bond acceptors (Lipinski definition) is 4. The van der Waals surface area contributed by atoms with Crippen LogP contribution in [-0.2, 0) is 17.9 Å². The molecule has 1 aromatic heterocycles. The van der Waals surface area contributed by atoms with Gasteiger partial charge in [-0.25, -0.2) is 4.98 Å². The molecule has 0 radical (unpaired) electrons. The van der Waals surface area contributed by atoms with Gasteiger partial charge in [0, 0.05) is 23.7 Å². The third-order valence-electron chi connectivity index (χ3n) is 4.31. The number of aryl methyl sites for hydroxylation is 1. The van der Waals surface area contributed by atoms with Crippen LogP contribution in [0.25, 0.3) is 11.0 Å². The molecule has 0 spiro atoms. The van der Waals surface area contributed by atoms with Gasteiger partial charge in [-0.15, -0.1) is 0 Å². The Hall–Kier alpha value is -2.73. The summed E-state index contributed by atoms with van der Waals surface area (Å²) in [5.74, 6) is 2.06. The van der Waals surface area contributed by atoms with Crippen LogP contribution in [0.3, 0.4) is 0 Å². The Morgan fingerprint density at radius 2 is 1.88 bits per heavy atom. The van der Waals surface area contributed by atoms with Crippen LogP contribution in [0.5, 0.6) is 11.5 Å². The van der Waals surface area contributed by atoms with Crippen molar-refractivity contribution in [1.29, 1.82) is 0 Å². The van der Waals surface area contributed by atoms with E-state index in [1.54, 1.807) is 0 Å². The van der Waals surface area contributed by atoms with Crippen molar-refractivity contribution < 1.29 is 14.3 Å². The van der Waals surface area contributed by atoms with E-state index < -0.39 is 0 Å². The first-order chi connectivity index (χ1) is 12.6. The molecule has 1 aliphatic rings. The Morgan fingerprint density at radius 3 is 2.62 bits per heavy atom. The van der Waals surface area contributed by atoms with Gasteiger partial charge in [0.15, 0.2) is 11.5 Å². The average Bonchev–Trinajstić information content (AvgIpc) is 2.94. The second-order valence-corrected chi connectivity index (χ2v) is 6.57. The molecule has 134 valence electrons. The molecule has 3 aromatic rings. The standard InChI is InChI=1S/C19H18ClN3O3/c1-12-22-15-8-17-18(26-7-6-25-17)9-16(15)23(12)11-19(24)21-10-13-2-4-14(20)5-3-13/h2-5,8-9H,6-7,10-11H2,1H3,(H,21,24). The molecule has 26 heavy (non-hydrogen) atoms. The van der Waals surface area contributed by atoms with Crippen LogP contribution in [0.2, 0.25) is 5.02 Å². The van der Waals surface area contributed by atoms with Gasteiger partial charge in [0.05, 0.1) is 11.0 Å². The first-order valence-electron chi connectivity index (χ1n) is 8.38. The molecule has 7 heteroatoms. The summed E-state index contributed by atoms with van der Waals surface area (Å²) >= 11 is 5.88. The summed E-state index contributed by atoms with van der Waals surface area (Å²) in [7, 11) is 0. The summed E-state index contributed by atoms with van der Waals surface area (Å²) in [6.45, 7) is 3.58. The van der Waals surface area contributed by atoms with Gasteiger partial charge in [-0.1, -0.05) is 23.7 Å².